The molecule has 7 nitrogen and oxygen atoms in total. The number of hydrogen-bond acceptors (Lipinski definition) is 4. The maximum Gasteiger partial charge on any atom is 0.244 e. The number of anilines is 1. The zero-order valence-electron chi connectivity index (χ0n) is 20.7. The zero-order chi connectivity index (χ0) is 26.3. The van der Waals surface area contributed by atoms with Gasteiger partial charge in [0.05, 0.1) is 22.0 Å². The van der Waals surface area contributed by atoms with E-state index in [-0.39, 0.29) is 34.1 Å². The Labute approximate surface area is 218 Å². The minimum absolute atomic E-state index is 0.160. The molecule has 0 saturated heterocycles. The van der Waals surface area contributed by atoms with E-state index in [2.05, 4.69) is 5.32 Å². The summed E-state index contributed by atoms with van der Waals surface area (Å²) in [5.41, 5.74) is 2.07. The molecule has 0 fully saturated rings. The van der Waals surface area contributed by atoms with E-state index in [1.54, 1.807) is 0 Å². The predicted octanol–water partition coefficient (Wildman–Crippen LogP) is 4.65. The van der Waals surface area contributed by atoms with Crippen LogP contribution in [0.2, 0.25) is 10.0 Å². The Hall–Kier alpha value is -2.29. The van der Waals surface area contributed by atoms with Crippen molar-refractivity contribution in [2.75, 3.05) is 23.7 Å². The average Bonchev–Trinajstić information content (AvgIpc) is 2.77. The highest BCUT2D eigenvalue weighted by Gasteiger charge is 2.32. The fourth-order valence-corrected chi connectivity index (χ4v) is 4.74. The quantitative estimate of drug-likeness (QED) is 0.448. The Balaban J connectivity index is 2.44. The number of nitrogens with one attached hydrogen (secondary N) is 1. The molecule has 10 heteroatoms. The van der Waals surface area contributed by atoms with E-state index >= 15 is 0 Å². The molecular weight excluding hydrogens is 509 g/mol. The largest absolute Gasteiger partial charge is 0.354 e. The average molecular weight is 543 g/mol. The molecule has 0 radical (unpaired) electrons. The topological polar surface area (TPSA) is 86.8 Å². The number of halogens is 2. The highest BCUT2D eigenvalue weighted by atomic mass is 35.5. The molecule has 0 unspecified atom stereocenters. The first-order valence-corrected chi connectivity index (χ1v) is 14.0. The number of hydrogen-bond donors (Lipinski definition) is 1. The molecule has 2 aromatic rings. The van der Waals surface area contributed by atoms with Crippen molar-refractivity contribution in [2.24, 2.45) is 5.92 Å². The lowest BCUT2D eigenvalue weighted by Gasteiger charge is -2.33. The second-order valence-corrected chi connectivity index (χ2v) is 11.7. The molecule has 0 bridgehead atoms. The van der Waals surface area contributed by atoms with Gasteiger partial charge in [-0.3, -0.25) is 13.9 Å². The van der Waals surface area contributed by atoms with Crippen molar-refractivity contribution in [3.8, 4) is 0 Å². The third-order valence-corrected chi connectivity index (χ3v) is 7.26. The lowest BCUT2D eigenvalue weighted by molar-refractivity contribution is -0.140. The molecule has 1 atom stereocenters. The van der Waals surface area contributed by atoms with E-state index < -0.39 is 28.5 Å². The van der Waals surface area contributed by atoms with Crippen LogP contribution in [0.1, 0.15) is 38.3 Å². The Kier molecular flexibility index (Phi) is 10.4. The summed E-state index contributed by atoms with van der Waals surface area (Å²) in [7, 11) is -3.85. The van der Waals surface area contributed by atoms with Crippen LogP contribution in [0.25, 0.3) is 0 Å². The number of carbonyl (C=O) groups excluding carboxylic acids is 2. The van der Waals surface area contributed by atoms with E-state index in [0.29, 0.717) is 13.0 Å². The van der Waals surface area contributed by atoms with Gasteiger partial charge in [-0.15, -0.1) is 0 Å². The van der Waals surface area contributed by atoms with Gasteiger partial charge in [0.15, 0.2) is 0 Å². The van der Waals surface area contributed by atoms with E-state index in [1.807, 2.05) is 52.0 Å². The van der Waals surface area contributed by atoms with Crippen LogP contribution in [-0.4, -0.2) is 50.5 Å². The molecular formula is C25H33Cl2N3O4S. The lowest BCUT2D eigenvalue weighted by Crippen LogP contribution is -2.52. The third kappa shape index (κ3) is 8.40. The number of sulfonamides is 1. The van der Waals surface area contributed by atoms with Gasteiger partial charge in [0.1, 0.15) is 12.6 Å². The minimum Gasteiger partial charge on any atom is -0.354 e. The summed E-state index contributed by atoms with van der Waals surface area (Å²) < 4.78 is 26.3. The van der Waals surface area contributed by atoms with Gasteiger partial charge in [-0.25, -0.2) is 8.42 Å². The molecule has 0 spiro atoms. The first-order chi connectivity index (χ1) is 16.3. The van der Waals surface area contributed by atoms with E-state index in [1.165, 1.54) is 23.1 Å². The molecule has 0 heterocycles. The van der Waals surface area contributed by atoms with Crippen LogP contribution in [-0.2, 0) is 26.2 Å². The lowest BCUT2D eigenvalue weighted by atomic mass is 10.1. The van der Waals surface area contributed by atoms with Gasteiger partial charge in [0.2, 0.25) is 21.8 Å². The normalized spacial score (nSPS) is 12.3. The smallest absolute Gasteiger partial charge is 0.244 e. The molecule has 1 N–H and O–H groups in total. The zero-order valence-corrected chi connectivity index (χ0v) is 23.0. The van der Waals surface area contributed by atoms with Crippen molar-refractivity contribution in [3.63, 3.8) is 0 Å². The molecule has 0 aliphatic rings. The number of amides is 2. The molecule has 0 aliphatic carbocycles. The molecule has 2 amide bonds. The second-order valence-electron chi connectivity index (χ2n) is 8.94. The highest BCUT2D eigenvalue weighted by molar-refractivity contribution is 7.92. The van der Waals surface area contributed by atoms with Crippen molar-refractivity contribution < 1.29 is 18.0 Å². The fraction of sp³-hybridized carbons (Fsp3) is 0.440. The van der Waals surface area contributed by atoms with Crippen LogP contribution >= 0.6 is 23.2 Å². The molecule has 0 aromatic heterocycles. The maximum absolute atomic E-state index is 13.6. The molecule has 0 saturated carbocycles. The van der Waals surface area contributed by atoms with Gasteiger partial charge in [0.25, 0.3) is 0 Å². The van der Waals surface area contributed by atoms with Crippen molar-refractivity contribution in [2.45, 2.75) is 46.7 Å². The number of benzene rings is 2. The van der Waals surface area contributed by atoms with E-state index in [4.69, 9.17) is 23.2 Å². The number of aryl methyl sites for hydroxylation is 1. The van der Waals surface area contributed by atoms with Crippen molar-refractivity contribution >= 4 is 50.7 Å². The number of nitrogens with zero attached hydrogens (tertiary/aromatic N) is 2. The van der Waals surface area contributed by atoms with Crippen LogP contribution in [0.3, 0.4) is 0 Å². The SMILES string of the molecule is CC[C@H](C(=O)NCC(C)C)N(Cc1cccc(C)c1)C(=O)CN(c1ccc(Cl)c(Cl)c1)S(C)(=O)=O. The number of carbonyl (C=O) groups is 2. The fourth-order valence-electron chi connectivity index (χ4n) is 3.60. The summed E-state index contributed by atoms with van der Waals surface area (Å²) in [5, 5.41) is 3.33. The number of rotatable bonds is 11. The summed E-state index contributed by atoms with van der Waals surface area (Å²) in [6, 6.07) is 11.2. The first-order valence-electron chi connectivity index (χ1n) is 11.4. The van der Waals surface area contributed by atoms with Crippen LogP contribution in [0, 0.1) is 12.8 Å². The molecule has 2 aromatic carbocycles. The summed E-state index contributed by atoms with van der Waals surface area (Å²) in [6.07, 6.45) is 1.38. The summed E-state index contributed by atoms with van der Waals surface area (Å²) in [6.45, 7) is 7.88. The van der Waals surface area contributed by atoms with Gasteiger partial charge in [0, 0.05) is 13.1 Å². The predicted molar refractivity (Wildman–Crippen MR) is 142 cm³/mol. The van der Waals surface area contributed by atoms with Crippen LogP contribution in [0.4, 0.5) is 5.69 Å². The Bertz CT molecular complexity index is 1160. The maximum atomic E-state index is 13.6. The molecule has 2 rings (SSSR count). The highest BCUT2D eigenvalue weighted by Crippen LogP contribution is 2.28. The van der Waals surface area contributed by atoms with E-state index in [0.717, 1.165) is 21.7 Å². The van der Waals surface area contributed by atoms with Crippen molar-refractivity contribution in [3.05, 3.63) is 63.6 Å². The van der Waals surface area contributed by atoms with Gasteiger partial charge < -0.3 is 10.2 Å². The van der Waals surface area contributed by atoms with Crippen molar-refractivity contribution in [1.82, 2.24) is 10.2 Å². The van der Waals surface area contributed by atoms with Crippen molar-refractivity contribution in [1.29, 1.82) is 0 Å². The molecule has 35 heavy (non-hydrogen) atoms. The van der Waals surface area contributed by atoms with Gasteiger partial charge >= 0.3 is 0 Å². The van der Waals surface area contributed by atoms with Gasteiger partial charge in [-0.05, 0) is 43.0 Å². The Morgan fingerprint density at radius 1 is 1.06 bits per heavy atom. The standard InChI is InChI=1S/C25H33Cl2N3O4S/c1-6-23(25(32)28-14-17(2)3)29(15-19-9-7-8-18(4)12-19)24(31)16-30(35(5,33)34)20-10-11-21(26)22(27)13-20/h7-13,17,23H,6,14-16H2,1-5H3,(H,28,32)/t23-/m1/s1. The first kappa shape index (κ1) is 28.9. The third-order valence-electron chi connectivity index (χ3n) is 5.38. The molecule has 0 aliphatic heterocycles. The minimum atomic E-state index is -3.85. The Morgan fingerprint density at radius 3 is 2.29 bits per heavy atom. The van der Waals surface area contributed by atoms with E-state index in [9.17, 15) is 18.0 Å². The monoisotopic (exact) mass is 541 g/mol. The summed E-state index contributed by atoms with van der Waals surface area (Å²) in [4.78, 5) is 28.1. The van der Waals surface area contributed by atoms with Crippen LogP contribution < -0.4 is 9.62 Å². The second kappa shape index (κ2) is 12.6. The van der Waals surface area contributed by atoms with Gasteiger partial charge in [-0.1, -0.05) is 73.8 Å². The summed E-state index contributed by atoms with van der Waals surface area (Å²) in [5.74, 6) is -0.537. The summed E-state index contributed by atoms with van der Waals surface area (Å²) >= 11 is 12.1. The molecule has 192 valence electrons. The van der Waals surface area contributed by atoms with Crippen LogP contribution in [0.5, 0.6) is 0 Å². The van der Waals surface area contributed by atoms with Crippen LogP contribution in [0.15, 0.2) is 42.5 Å². The Morgan fingerprint density at radius 2 is 1.74 bits per heavy atom. The van der Waals surface area contributed by atoms with Gasteiger partial charge in [-0.2, -0.15) is 0 Å².